The molecule has 0 saturated carbocycles. The predicted molar refractivity (Wildman–Crippen MR) is 87.8 cm³/mol. The number of nitro groups is 1. The van der Waals surface area contributed by atoms with Crippen molar-refractivity contribution in [3.8, 4) is 5.75 Å². The molecule has 0 atom stereocenters. The van der Waals surface area contributed by atoms with Crippen LogP contribution in [-0.4, -0.2) is 30.4 Å². The van der Waals surface area contributed by atoms with Crippen LogP contribution >= 0.6 is 11.3 Å². The lowest BCUT2D eigenvalue weighted by Gasteiger charge is -2.08. The number of nitrogens with zero attached hydrogens (tertiary/aromatic N) is 1. The first kappa shape index (κ1) is 17.6. The number of hydrogen-bond donors (Lipinski definition) is 0. The Morgan fingerprint density at radius 1 is 1.29 bits per heavy atom. The van der Waals surface area contributed by atoms with Gasteiger partial charge < -0.3 is 9.47 Å². The number of carbonyl (C=O) groups is 2. The van der Waals surface area contributed by atoms with E-state index in [4.69, 9.17) is 9.47 Å². The Bertz CT molecular complexity index is 741. The fourth-order valence-electron chi connectivity index (χ4n) is 2.00. The minimum absolute atomic E-state index is 0.00558. The highest BCUT2D eigenvalue weighted by Gasteiger charge is 2.18. The molecule has 0 spiro atoms. The maximum Gasteiger partial charge on any atom is 0.342 e. The van der Waals surface area contributed by atoms with Gasteiger partial charge in [0.2, 0.25) is 0 Å². The highest BCUT2D eigenvalue weighted by Crippen LogP contribution is 2.24. The van der Waals surface area contributed by atoms with Crippen molar-refractivity contribution in [2.24, 2.45) is 0 Å². The Kier molecular flexibility index (Phi) is 6.02. The Hall–Kier alpha value is -2.74. The molecule has 0 radical (unpaired) electrons. The summed E-state index contributed by atoms with van der Waals surface area (Å²) in [6.45, 7) is 0.0434. The average Bonchev–Trinajstić information content (AvgIpc) is 3.12. The number of esters is 1. The summed E-state index contributed by atoms with van der Waals surface area (Å²) in [6, 6.07) is 7.24. The number of carbonyl (C=O) groups excluding carboxylic acids is 2. The van der Waals surface area contributed by atoms with Gasteiger partial charge in [-0.05, 0) is 23.9 Å². The molecular weight excluding hydrogens is 334 g/mol. The van der Waals surface area contributed by atoms with E-state index >= 15 is 0 Å². The predicted octanol–water partition coefficient (Wildman–Crippen LogP) is 3.48. The van der Waals surface area contributed by atoms with Crippen LogP contribution in [0.5, 0.6) is 5.75 Å². The molecule has 1 heterocycles. The van der Waals surface area contributed by atoms with Gasteiger partial charge in [0.05, 0.1) is 23.5 Å². The van der Waals surface area contributed by atoms with E-state index in [0.717, 1.165) is 6.07 Å². The van der Waals surface area contributed by atoms with E-state index in [0.29, 0.717) is 11.3 Å². The van der Waals surface area contributed by atoms with Crippen LogP contribution in [0.4, 0.5) is 5.69 Å². The van der Waals surface area contributed by atoms with Gasteiger partial charge in [-0.1, -0.05) is 6.07 Å². The Morgan fingerprint density at radius 2 is 2.08 bits per heavy atom. The lowest BCUT2D eigenvalue weighted by atomic mass is 10.1. The Labute approximate surface area is 142 Å². The molecule has 0 bridgehead atoms. The molecule has 0 fully saturated rings. The first-order chi connectivity index (χ1) is 11.5. The van der Waals surface area contributed by atoms with Crippen molar-refractivity contribution < 1.29 is 24.0 Å². The molecule has 8 heteroatoms. The van der Waals surface area contributed by atoms with Gasteiger partial charge in [0, 0.05) is 18.6 Å². The second-order valence-electron chi connectivity index (χ2n) is 4.78. The van der Waals surface area contributed by atoms with Crippen molar-refractivity contribution >= 4 is 28.8 Å². The summed E-state index contributed by atoms with van der Waals surface area (Å²) in [6.07, 6.45) is 0.638. The van der Waals surface area contributed by atoms with Crippen LogP contribution in [0.1, 0.15) is 32.9 Å². The number of Topliss-reactive ketones (excluding diaryl/α,β-unsaturated/α-hetero) is 1. The third kappa shape index (κ3) is 4.39. The topological polar surface area (TPSA) is 95.7 Å². The zero-order valence-electron chi connectivity index (χ0n) is 12.9. The standard InChI is InChI=1S/C16H15NO6S/c1-22-14-7-6-11(17(20)21)10-12(14)16(19)23-8-2-4-13(18)15-5-3-9-24-15/h3,5-7,9-10H,2,4,8H2,1H3. The van der Waals surface area contributed by atoms with Crippen molar-refractivity contribution in [1.29, 1.82) is 0 Å². The molecule has 0 aliphatic heterocycles. The summed E-state index contributed by atoms with van der Waals surface area (Å²) in [5, 5.41) is 12.6. The fourth-order valence-corrected chi connectivity index (χ4v) is 2.70. The molecule has 0 unspecified atom stereocenters. The molecule has 0 saturated heterocycles. The van der Waals surface area contributed by atoms with Gasteiger partial charge in [-0.3, -0.25) is 14.9 Å². The van der Waals surface area contributed by atoms with Gasteiger partial charge in [-0.2, -0.15) is 0 Å². The average molecular weight is 349 g/mol. The van der Waals surface area contributed by atoms with Gasteiger partial charge in [0.25, 0.3) is 5.69 Å². The second-order valence-corrected chi connectivity index (χ2v) is 5.73. The third-order valence-corrected chi connectivity index (χ3v) is 4.10. The van der Waals surface area contributed by atoms with Crippen molar-refractivity contribution in [3.63, 3.8) is 0 Å². The van der Waals surface area contributed by atoms with E-state index in [1.165, 1.54) is 30.6 Å². The number of nitro benzene ring substituents is 1. The van der Waals surface area contributed by atoms with Gasteiger partial charge >= 0.3 is 5.97 Å². The van der Waals surface area contributed by atoms with E-state index < -0.39 is 10.9 Å². The number of ether oxygens (including phenoxy) is 2. The van der Waals surface area contributed by atoms with Crippen LogP contribution in [-0.2, 0) is 4.74 Å². The van der Waals surface area contributed by atoms with E-state index in [1.807, 2.05) is 5.38 Å². The molecule has 2 rings (SSSR count). The highest BCUT2D eigenvalue weighted by molar-refractivity contribution is 7.12. The van der Waals surface area contributed by atoms with Crippen LogP contribution in [0, 0.1) is 10.1 Å². The fraction of sp³-hybridized carbons (Fsp3) is 0.250. The minimum Gasteiger partial charge on any atom is -0.496 e. The van der Waals surface area contributed by atoms with Gasteiger partial charge in [0.15, 0.2) is 5.78 Å². The van der Waals surface area contributed by atoms with Crippen LogP contribution in [0.25, 0.3) is 0 Å². The number of non-ortho nitro benzene ring substituents is 1. The molecule has 0 N–H and O–H groups in total. The van der Waals surface area contributed by atoms with Crippen molar-refractivity contribution in [2.45, 2.75) is 12.8 Å². The van der Waals surface area contributed by atoms with Crippen LogP contribution < -0.4 is 4.74 Å². The molecule has 1 aromatic carbocycles. The summed E-state index contributed by atoms with van der Waals surface area (Å²) >= 11 is 1.36. The molecule has 7 nitrogen and oxygen atoms in total. The number of methoxy groups -OCH3 is 1. The van der Waals surface area contributed by atoms with Crippen LogP contribution in [0.15, 0.2) is 35.7 Å². The van der Waals surface area contributed by atoms with Gasteiger partial charge in [0.1, 0.15) is 11.3 Å². The summed E-state index contributed by atoms with van der Waals surface area (Å²) in [7, 11) is 1.36. The van der Waals surface area contributed by atoms with Gasteiger partial charge in [-0.15, -0.1) is 11.3 Å². The molecule has 0 aliphatic carbocycles. The molecule has 126 valence electrons. The molecule has 0 aliphatic rings. The minimum atomic E-state index is -0.723. The Morgan fingerprint density at radius 3 is 2.71 bits per heavy atom. The van der Waals surface area contributed by atoms with E-state index in [-0.39, 0.29) is 35.8 Å². The normalized spacial score (nSPS) is 10.2. The largest absolute Gasteiger partial charge is 0.496 e. The molecular formula is C16H15NO6S. The summed E-state index contributed by atoms with van der Waals surface area (Å²) in [5.74, 6) is -0.534. The number of rotatable bonds is 8. The molecule has 24 heavy (non-hydrogen) atoms. The van der Waals surface area contributed by atoms with Crippen molar-refractivity contribution in [2.75, 3.05) is 13.7 Å². The lowest BCUT2D eigenvalue weighted by Crippen LogP contribution is -2.10. The first-order valence-corrected chi connectivity index (χ1v) is 7.97. The van der Waals surface area contributed by atoms with Crippen LogP contribution in [0.2, 0.25) is 0 Å². The quantitative estimate of drug-likeness (QED) is 0.238. The smallest absolute Gasteiger partial charge is 0.342 e. The third-order valence-electron chi connectivity index (χ3n) is 3.19. The monoisotopic (exact) mass is 349 g/mol. The van der Waals surface area contributed by atoms with Gasteiger partial charge in [-0.25, -0.2) is 4.79 Å². The maximum atomic E-state index is 12.1. The summed E-state index contributed by atoms with van der Waals surface area (Å²) in [5.41, 5.74) is -0.244. The summed E-state index contributed by atoms with van der Waals surface area (Å²) in [4.78, 5) is 34.7. The SMILES string of the molecule is COc1ccc([N+](=O)[O-])cc1C(=O)OCCCC(=O)c1cccs1. The molecule has 2 aromatic rings. The molecule has 0 amide bonds. The number of hydrogen-bond acceptors (Lipinski definition) is 7. The molecule has 1 aromatic heterocycles. The van der Waals surface area contributed by atoms with Crippen molar-refractivity contribution in [3.05, 3.63) is 56.3 Å². The Balaban J connectivity index is 1.91. The second kappa shape index (κ2) is 8.21. The maximum absolute atomic E-state index is 12.1. The van der Waals surface area contributed by atoms with Crippen molar-refractivity contribution in [1.82, 2.24) is 0 Å². The van der Waals surface area contributed by atoms with Crippen LogP contribution in [0.3, 0.4) is 0 Å². The number of benzene rings is 1. The first-order valence-electron chi connectivity index (χ1n) is 7.09. The van der Waals surface area contributed by atoms with E-state index in [1.54, 1.807) is 12.1 Å². The van der Waals surface area contributed by atoms with E-state index in [2.05, 4.69) is 0 Å². The number of ketones is 1. The summed E-state index contributed by atoms with van der Waals surface area (Å²) < 4.78 is 10.1. The zero-order valence-corrected chi connectivity index (χ0v) is 13.7. The number of thiophene rings is 1. The zero-order chi connectivity index (χ0) is 17.5. The highest BCUT2D eigenvalue weighted by atomic mass is 32.1. The van der Waals surface area contributed by atoms with E-state index in [9.17, 15) is 19.7 Å². The lowest BCUT2D eigenvalue weighted by molar-refractivity contribution is -0.384.